The molecule has 5 nitrogen and oxygen atoms in total. The van der Waals surface area contributed by atoms with Gasteiger partial charge in [0.25, 0.3) is 0 Å². The van der Waals surface area contributed by atoms with Crippen molar-refractivity contribution in [3.05, 3.63) is 75.2 Å². The van der Waals surface area contributed by atoms with Crippen molar-refractivity contribution in [1.82, 2.24) is 14.5 Å². The summed E-state index contributed by atoms with van der Waals surface area (Å²) in [6.07, 6.45) is 3.42. The molecule has 25 heavy (non-hydrogen) atoms. The molecule has 130 valence electrons. The lowest BCUT2D eigenvalue weighted by Crippen LogP contribution is -2.24. The first-order chi connectivity index (χ1) is 11.9. The Balaban J connectivity index is 1.90. The van der Waals surface area contributed by atoms with Crippen LogP contribution < -0.4 is 4.72 Å². The topological polar surface area (TPSA) is 64.0 Å². The molecule has 1 aromatic heterocycles. The van der Waals surface area contributed by atoms with Gasteiger partial charge in [0.15, 0.2) is 0 Å². The van der Waals surface area contributed by atoms with Crippen LogP contribution in [-0.4, -0.2) is 18.2 Å². The fourth-order valence-corrected chi connectivity index (χ4v) is 5.86. The maximum atomic E-state index is 13.4. The zero-order valence-electron chi connectivity index (χ0n) is 12.7. The Morgan fingerprint density at radius 1 is 1.12 bits per heavy atom. The second kappa shape index (κ2) is 7.36. The molecular weight excluding hydrogens is 477 g/mol. The van der Waals surface area contributed by atoms with E-state index in [4.69, 9.17) is 0 Å². The fraction of sp³-hybridized carbons (Fsp3) is 0.0625. The van der Waals surface area contributed by atoms with E-state index in [1.165, 1.54) is 0 Å². The zero-order chi connectivity index (χ0) is 18.0. The van der Waals surface area contributed by atoms with E-state index in [0.29, 0.717) is 0 Å². The van der Waals surface area contributed by atoms with E-state index in [2.05, 4.69) is 41.7 Å². The van der Waals surface area contributed by atoms with Crippen LogP contribution >= 0.6 is 31.9 Å². The van der Waals surface area contributed by atoms with E-state index >= 15 is 0 Å². The first kappa shape index (κ1) is 18.2. The van der Waals surface area contributed by atoms with Gasteiger partial charge in [0.2, 0.25) is 10.0 Å². The third-order valence-electron chi connectivity index (χ3n) is 3.43. The number of rotatable bonds is 5. The molecule has 0 spiro atoms. The molecule has 0 bridgehead atoms. The second-order valence-electron chi connectivity index (χ2n) is 5.10. The molecule has 9 heteroatoms. The summed E-state index contributed by atoms with van der Waals surface area (Å²) in [6.45, 7) is 0.0641. The van der Waals surface area contributed by atoms with Crippen LogP contribution in [0.1, 0.15) is 5.56 Å². The smallest absolute Gasteiger partial charge is 0.241 e. The Kier molecular flexibility index (Phi) is 5.38. The molecule has 0 fully saturated rings. The lowest BCUT2D eigenvalue weighted by molar-refractivity contribution is 0.578. The standard InChI is InChI=1S/C16H12Br2FN3O2S/c17-13-8-12(19)9-14(18)16(13)25(23,24)21-10-11-4-1-2-5-15(11)22-7-3-6-20-22/h1-9,21H,10H2. The predicted molar refractivity (Wildman–Crippen MR) is 99.4 cm³/mol. The summed E-state index contributed by atoms with van der Waals surface area (Å²) in [5.74, 6) is -0.540. The molecule has 0 atom stereocenters. The molecule has 0 amide bonds. The van der Waals surface area contributed by atoms with Gasteiger partial charge in [-0.15, -0.1) is 0 Å². The Morgan fingerprint density at radius 2 is 1.80 bits per heavy atom. The van der Waals surface area contributed by atoms with Crippen LogP contribution in [0.5, 0.6) is 0 Å². The molecule has 1 heterocycles. The van der Waals surface area contributed by atoms with Gasteiger partial charge in [-0.05, 0) is 61.7 Å². The highest BCUT2D eigenvalue weighted by molar-refractivity contribution is 9.11. The summed E-state index contributed by atoms with van der Waals surface area (Å²) >= 11 is 6.21. The Morgan fingerprint density at radius 3 is 2.44 bits per heavy atom. The van der Waals surface area contributed by atoms with Crippen molar-refractivity contribution in [3.8, 4) is 5.69 Å². The van der Waals surface area contributed by atoms with Crippen molar-refractivity contribution in [2.45, 2.75) is 11.4 Å². The van der Waals surface area contributed by atoms with Gasteiger partial charge < -0.3 is 0 Å². The normalized spacial score (nSPS) is 11.6. The van der Waals surface area contributed by atoms with E-state index in [9.17, 15) is 12.8 Å². The number of hydrogen-bond donors (Lipinski definition) is 1. The summed E-state index contributed by atoms with van der Waals surface area (Å²) < 4.78 is 43.1. The van der Waals surface area contributed by atoms with Gasteiger partial charge >= 0.3 is 0 Å². The number of para-hydroxylation sites is 1. The Hall–Kier alpha value is -1.55. The third kappa shape index (κ3) is 4.00. The van der Waals surface area contributed by atoms with Gasteiger partial charge in [0.1, 0.15) is 10.7 Å². The van der Waals surface area contributed by atoms with Crippen LogP contribution in [0.25, 0.3) is 5.69 Å². The average Bonchev–Trinajstić information content (AvgIpc) is 3.06. The van der Waals surface area contributed by atoms with Gasteiger partial charge in [0, 0.05) is 27.9 Å². The maximum Gasteiger partial charge on any atom is 0.243 e. The quantitative estimate of drug-likeness (QED) is 0.590. The van der Waals surface area contributed by atoms with Gasteiger partial charge in [-0.2, -0.15) is 5.10 Å². The highest BCUT2D eigenvalue weighted by atomic mass is 79.9. The van der Waals surface area contributed by atoms with Crippen molar-refractivity contribution >= 4 is 41.9 Å². The molecule has 2 aromatic carbocycles. The SMILES string of the molecule is O=S(=O)(NCc1ccccc1-n1cccn1)c1c(Br)cc(F)cc1Br. The summed E-state index contributed by atoms with van der Waals surface area (Å²) in [5.41, 5.74) is 1.52. The molecule has 0 aliphatic heterocycles. The number of sulfonamides is 1. The van der Waals surface area contributed by atoms with E-state index in [1.807, 2.05) is 24.3 Å². The summed E-state index contributed by atoms with van der Waals surface area (Å²) in [5, 5.41) is 4.17. The summed E-state index contributed by atoms with van der Waals surface area (Å²) in [7, 11) is -3.86. The number of benzene rings is 2. The minimum atomic E-state index is -3.86. The molecule has 0 saturated carbocycles. The molecule has 0 aliphatic carbocycles. The monoisotopic (exact) mass is 487 g/mol. The van der Waals surface area contributed by atoms with E-state index in [0.717, 1.165) is 23.4 Å². The molecule has 1 N–H and O–H groups in total. The highest BCUT2D eigenvalue weighted by Crippen LogP contribution is 2.31. The molecule has 0 unspecified atom stereocenters. The van der Waals surface area contributed by atoms with Gasteiger partial charge in [-0.25, -0.2) is 22.2 Å². The Bertz CT molecular complexity index is 985. The van der Waals surface area contributed by atoms with Gasteiger partial charge in [-0.1, -0.05) is 18.2 Å². The maximum absolute atomic E-state index is 13.4. The zero-order valence-corrected chi connectivity index (χ0v) is 16.6. The molecule has 3 rings (SSSR count). The van der Waals surface area contributed by atoms with Crippen molar-refractivity contribution in [2.24, 2.45) is 0 Å². The van der Waals surface area contributed by atoms with E-state index in [-0.39, 0.29) is 20.4 Å². The molecule has 0 radical (unpaired) electrons. The number of nitrogens with zero attached hydrogens (tertiary/aromatic N) is 2. The fourth-order valence-electron chi connectivity index (χ4n) is 2.33. The van der Waals surface area contributed by atoms with Gasteiger partial charge in [0.05, 0.1) is 5.69 Å². The minimum Gasteiger partial charge on any atom is -0.241 e. The second-order valence-corrected chi connectivity index (χ2v) is 8.51. The number of nitrogens with one attached hydrogen (secondary N) is 1. The highest BCUT2D eigenvalue weighted by Gasteiger charge is 2.22. The van der Waals surface area contributed by atoms with Crippen LogP contribution in [0.3, 0.4) is 0 Å². The minimum absolute atomic E-state index is 0.0505. The van der Waals surface area contributed by atoms with E-state index in [1.54, 1.807) is 23.1 Å². The van der Waals surface area contributed by atoms with Crippen LogP contribution in [0.2, 0.25) is 0 Å². The van der Waals surface area contributed by atoms with Crippen molar-refractivity contribution in [3.63, 3.8) is 0 Å². The first-order valence-electron chi connectivity index (χ1n) is 7.10. The largest absolute Gasteiger partial charge is 0.243 e. The number of halogens is 3. The number of aromatic nitrogens is 2. The average molecular weight is 489 g/mol. The van der Waals surface area contributed by atoms with Crippen LogP contribution in [0, 0.1) is 5.82 Å². The van der Waals surface area contributed by atoms with Crippen LogP contribution in [0.4, 0.5) is 4.39 Å². The molecular formula is C16H12Br2FN3O2S. The predicted octanol–water partition coefficient (Wildman–Crippen LogP) is 4.01. The third-order valence-corrected chi connectivity index (χ3v) is 6.70. The molecule has 3 aromatic rings. The lowest BCUT2D eigenvalue weighted by atomic mass is 10.2. The number of hydrogen-bond acceptors (Lipinski definition) is 3. The lowest BCUT2D eigenvalue weighted by Gasteiger charge is -2.13. The van der Waals surface area contributed by atoms with Crippen molar-refractivity contribution < 1.29 is 12.8 Å². The summed E-state index contributed by atoms with van der Waals surface area (Å²) in [6, 6.07) is 11.3. The Labute approximate surface area is 161 Å². The van der Waals surface area contributed by atoms with Crippen molar-refractivity contribution in [1.29, 1.82) is 0 Å². The van der Waals surface area contributed by atoms with Crippen LogP contribution in [-0.2, 0) is 16.6 Å². The van der Waals surface area contributed by atoms with Crippen molar-refractivity contribution in [2.75, 3.05) is 0 Å². The summed E-state index contributed by atoms with van der Waals surface area (Å²) in [4.78, 5) is -0.0505. The van der Waals surface area contributed by atoms with Gasteiger partial charge in [-0.3, -0.25) is 0 Å². The molecule has 0 aliphatic rings. The van der Waals surface area contributed by atoms with E-state index < -0.39 is 15.8 Å². The van der Waals surface area contributed by atoms with Crippen LogP contribution in [0.15, 0.2) is 68.7 Å². The molecule has 0 saturated heterocycles. The first-order valence-corrected chi connectivity index (χ1v) is 10.2.